The van der Waals surface area contributed by atoms with Crippen LogP contribution >= 0.6 is 0 Å². The summed E-state index contributed by atoms with van der Waals surface area (Å²) in [4.78, 5) is 0. The summed E-state index contributed by atoms with van der Waals surface area (Å²) >= 11 is 0. The molecular formula is C21H37N2+. The Hall–Kier alpha value is -1.05. The highest BCUT2D eigenvalue weighted by molar-refractivity contribution is 5.78. The van der Waals surface area contributed by atoms with E-state index in [9.17, 15) is 0 Å². The molecule has 3 atom stereocenters. The van der Waals surface area contributed by atoms with Crippen LogP contribution in [0.4, 0.5) is 0 Å². The number of allylic oxidation sites excluding steroid dienone is 2. The molecule has 3 unspecified atom stereocenters. The van der Waals surface area contributed by atoms with Gasteiger partial charge < -0.3 is 0 Å². The molecule has 23 heavy (non-hydrogen) atoms. The molecule has 1 heterocycles. The minimum Gasteiger partial charge on any atom is -0.236 e. The van der Waals surface area contributed by atoms with Gasteiger partial charge in [-0.15, -0.1) is 6.58 Å². The van der Waals surface area contributed by atoms with Crippen molar-refractivity contribution in [3.63, 3.8) is 0 Å². The topological polar surface area (TPSA) is 15.0 Å². The van der Waals surface area contributed by atoms with Crippen molar-refractivity contribution in [3.8, 4) is 0 Å². The SMILES string of the molecule is C=CC(C)C(C)(C)C1(C)C(C)=C1CC1(C)NC(C)=[N+]1CCCC. The predicted molar refractivity (Wildman–Crippen MR) is 101 cm³/mol. The van der Waals surface area contributed by atoms with Gasteiger partial charge in [0.25, 0.3) is 0 Å². The standard InChI is InChI=1S/C21H36N2/c1-10-12-13-23-17(5)22-20(23,8)14-18-16(4)21(18,9)19(6,7)15(3)11-2/h11,15H,2,10,12-14H2,1,3-9H3/p+1. The van der Waals surface area contributed by atoms with Crippen LogP contribution in [0.5, 0.6) is 0 Å². The van der Waals surface area contributed by atoms with Gasteiger partial charge in [-0.05, 0) is 24.7 Å². The van der Waals surface area contributed by atoms with Gasteiger partial charge in [-0.2, -0.15) is 0 Å². The van der Waals surface area contributed by atoms with Crippen LogP contribution in [-0.4, -0.2) is 22.6 Å². The quantitative estimate of drug-likeness (QED) is 0.485. The largest absolute Gasteiger partial charge is 0.248 e. The fourth-order valence-corrected chi connectivity index (χ4v) is 4.60. The van der Waals surface area contributed by atoms with E-state index in [4.69, 9.17) is 0 Å². The highest BCUT2D eigenvalue weighted by Crippen LogP contribution is 2.67. The van der Waals surface area contributed by atoms with Gasteiger partial charge in [0.1, 0.15) is 0 Å². The molecule has 1 aliphatic heterocycles. The average Bonchev–Trinajstić information content (AvgIpc) is 3.01. The molecule has 2 rings (SSSR count). The van der Waals surface area contributed by atoms with Crippen molar-refractivity contribution in [1.29, 1.82) is 0 Å². The van der Waals surface area contributed by atoms with Crippen molar-refractivity contribution < 1.29 is 4.58 Å². The summed E-state index contributed by atoms with van der Waals surface area (Å²) in [6.07, 6.45) is 5.76. The molecule has 0 aromatic heterocycles. The minimum atomic E-state index is 0.0983. The Morgan fingerprint density at radius 3 is 2.39 bits per heavy atom. The summed E-state index contributed by atoms with van der Waals surface area (Å²) in [7, 11) is 0. The lowest BCUT2D eigenvalue weighted by Crippen LogP contribution is -2.67. The Morgan fingerprint density at radius 2 is 1.91 bits per heavy atom. The van der Waals surface area contributed by atoms with Crippen LogP contribution in [-0.2, 0) is 0 Å². The summed E-state index contributed by atoms with van der Waals surface area (Å²) in [5, 5.41) is 3.69. The van der Waals surface area contributed by atoms with Gasteiger partial charge in [-0.3, -0.25) is 0 Å². The van der Waals surface area contributed by atoms with Crippen molar-refractivity contribution in [2.45, 2.75) is 80.3 Å². The summed E-state index contributed by atoms with van der Waals surface area (Å²) in [5.41, 5.74) is 3.81. The lowest BCUT2D eigenvalue weighted by Gasteiger charge is -2.41. The first kappa shape index (κ1) is 18.3. The third-order valence-electron chi connectivity index (χ3n) is 7.23. The molecule has 0 bridgehead atoms. The van der Waals surface area contributed by atoms with Gasteiger partial charge >= 0.3 is 0 Å². The van der Waals surface area contributed by atoms with Crippen LogP contribution in [0, 0.1) is 16.7 Å². The third-order valence-corrected chi connectivity index (χ3v) is 7.23. The minimum absolute atomic E-state index is 0.0983. The van der Waals surface area contributed by atoms with Crippen molar-refractivity contribution in [1.82, 2.24) is 5.32 Å². The molecule has 0 radical (unpaired) electrons. The summed E-state index contributed by atoms with van der Waals surface area (Å²) in [6, 6.07) is 0. The summed E-state index contributed by atoms with van der Waals surface area (Å²) in [5.74, 6) is 1.84. The predicted octanol–water partition coefficient (Wildman–Crippen LogP) is 5.11. The van der Waals surface area contributed by atoms with E-state index < -0.39 is 0 Å². The number of hydrogen-bond donors (Lipinski definition) is 1. The molecule has 2 heteroatoms. The zero-order valence-electron chi connectivity index (χ0n) is 16.6. The Balaban J connectivity index is 2.15. The Bertz CT molecular complexity index is 566. The fraction of sp³-hybridized carbons (Fsp3) is 0.762. The number of nitrogens with zero attached hydrogens (tertiary/aromatic N) is 1. The Morgan fingerprint density at radius 1 is 1.30 bits per heavy atom. The van der Waals surface area contributed by atoms with Crippen LogP contribution in [0.25, 0.3) is 0 Å². The molecule has 0 aromatic rings. The van der Waals surface area contributed by atoms with E-state index in [0.29, 0.717) is 5.92 Å². The molecule has 0 saturated heterocycles. The fourth-order valence-electron chi connectivity index (χ4n) is 4.60. The first-order chi connectivity index (χ1) is 10.6. The van der Waals surface area contributed by atoms with E-state index in [-0.39, 0.29) is 16.5 Å². The molecule has 2 nitrogen and oxygen atoms in total. The Kier molecular flexibility index (Phi) is 4.60. The molecule has 1 aliphatic carbocycles. The highest BCUT2D eigenvalue weighted by atomic mass is 15.4. The van der Waals surface area contributed by atoms with E-state index in [1.54, 1.807) is 11.1 Å². The summed E-state index contributed by atoms with van der Waals surface area (Å²) in [6.45, 7) is 23.9. The maximum absolute atomic E-state index is 4.03. The van der Waals surface area contributed by atoms with E-state index in [1.807, 2.05) is 0 Å². The van der Waals surface area contributed by atoms with Gasteiger partial charge in [-0.25, -0.2) is 9.89 Å². The van der Waals surface area contributed by atoms with Gasteiger partial charge in [-0.1, -0.05) is 58.3 Å². The first-order valence-corrected chi connectivity index (χ1v) is 9.29. The number of rotatable bonds is 8. The van der Waals surface area contributed by atoms with Gasteiger partial charge in [0.15, 0.2) is 0 Å². The van der Waals surface area contributed by atoms with Crippen LogP contribution in [0.15, 0.2) is 23.8 Å². The Labute approximate surface area is 143 Å². The summed E-state index contributed by atoms with van der Waals surface area (Å²) < 4.78 is 2.57. The van der Waals surface area contributed by atoms with E-state index in [1.165, 1.54) is 25.2 Å². The van der Waals surface area contributed by atoms with Crippen molar-refractivity contribution in [2.75, 3.05) is 6.54 Å². The van der Waals surface area contributed by atoms with Crippen molar-refractivity contribution >= 4 is 5.84 Å². The molecule has 130 valence electrons. The first-order valence-electron chi connectivity index (χ1n) is 9.29. The monoisotopic (exact) mass is 317 g/mol. The zero-order chi connectivity index (χ0) is 17.6. The lowest BCUT2D eigenvalue weighted by atomic mass is 9.64. The molecule has 0 saturated carbocycles. The molecule has 1 N–H and O–H groups in total. The number of amidine groups is 1. The molecule has 0 fully saturated rings. The third kappa shape index (κ3) is 2.58. The molecule has 2 aliphatic rings. The second-order valence-electron chi connectivity index (χ2n) is 8.64. The second-order valence-corrected chi connectivity index (χ2v) is 8.64. The zero-order valence-corrected chi connectivity index (χ0v) is 16.6. The molecule has 0 amide bonds. The van der Waals surface area contributed by atoms with Crippen LogP contribution in [0.1, 0.15) is 74.7 Å². The maximum Gasteiger partial charge on any atom is 0.248 e. The van der Waals surface area contributed by atoms with Crippen molar-refractivity contribution in [2.24, 2.45) is 16.7 Å². The smallest absolute Gasteiger partial charge is 0.236 e. The maximum atomic E-state index is 4.03. The van der Waals surface area contributed by atoms with Crippen LogP contribution in [0.3, 0.4) is 0 Å². The number of unbranched alkanes of at least 4 members (excludes halogenated alkanes) is 1. The van der Waals surface area contributed by atoms with Gasteiger partial charge in [0, 0.05) is 19.3 Å². The van der Waals surface area contributed by atoms with Crippen LogP contribution < -0.4 is 5.32 Å². The highest BCUT2D eigenvalue weighted by Gasteiger charge is 2.61. The molecule has 0 spiro atoms. The van der Waals surface area contributed by atoms with Crippen LogP contribution in [0.2, 0.25) is 0 Å². The van der Waals surface area contributed by atoms with E-state index in [2.05, 4.69) is 77.9 Å². The number of hydrogen-bond acceptors (Lipinski definition) is 1. The van der Waals surface area contributed by atoms with E-state index >= 15 is 0 Å². The molecule has 0 aromatic carbocycles. The van der Waals surface area contributed by atoms with E-state index in [0.717, 1.165) is 6.42 Å². The lowest BCUT2D eigenvalue weighted by molar-refractivity contribution is -0.642. The molecular weight excluding hydrogens is 280 g/mol. The number of nitrogens with one attached hydrogen (secondary N) is 1. The second kappa shape index (κ2) is 5.79. The van der Waals surface area contributed by atoms with Gasteiger partial charge in [0.2, 0.25) is 11.5 Å². The normalized spacial score (nSPS) is 31.7. The van der Waals surface area contributed by atoms with Gasteiger partial charge in [0.05, 0.1) is 13.0 Å². The average molecular weight is 318 g/mol. The van der Waals surface area contributed by atoms with Crippen molar-refractivity contribution in [3.05, 3.63) is 23.8 Å².